The predicted molar refractivity (Wildman–Crippen MR) is 47.7 cm³/mol. The smallest absolute Gasteiger partial charge is 0.210 e. The van der Waals surface area contributed by atoms with Gasteiger partial charge >= 0.3 is 0 Å². The van der Waals surface area contributed by atoms with Gasteiger partial charge in [0, 0.05) is 6.20 Å². The van der Waals surface area contributed by atoms with Gasteiger partial charge in [-0.2, -0.15) is 0 Å². The molecule has 0 saturated heterocycles. The first-order valence-corrected chi connectivity index (χ1v) is 3.66. The molecule has 0 aliphatic carbocycles. The maximum atomic E-state index is 4.92. The Bertz CT molecular complexity index is 273. The second kappa shape index (κ2) is 3.44. The first kappa shape index (κ1) is 8.14. The van der Waals surface area contributed by atoms with Crippen LogP contribution in [0.1, 0.15) is 11.3 Å². The van der Waals surface area contributed by atoms with E-state index in [1.807, 2.05) is 19.1 Å². The van der Waals surface area contributed by atoms with Crippen LogP contribution >= 0.6 is 12.2 Å². The van der Waals surface area contributed by atoms with Crippen LogP contribution in [0.2, 0.25) is 0 Å². The summed E-state index contributed by atoms with van der Waals surface area (Å²) in [6.07, 6.45) is 1.70. The molecule has 0 bridgehead atoms. The number of ether oxygens (including phenoxy) is 1. The number of methoxy groups -OCH3 is 1. The van der Waals surface area contributed by atoms with Gasteiger partial charge in [0.25, 0.3) is 0 Å². The highest BCUT2D eigenvalue weighted by Gasteiger charge is 2.03. The van der Waals surface area contributed by atoms with E-state index < -0.39 is 0 Å². The zero-order valence-electron chi connectivity index (χ0n) is 6.50. The van der Waals surface area contributed by atoms with Crippen molar-refractivity contribution in [2.45, 2.75) is 6.92 Å². The molecule has 3 heteroatoms. The highest BCUT2D eigenvalue weighted by Crippen LogP contribution is 2.04. The minimum atomic E-state index is 0.447. The molecule has 0 amide bonds. The molecule has 0 saturated carbocycles. The molecule has 0 aliphatic heterocycles. The van der Waals surface area contributed by atoms with Crippen molar-refractivity contribution < 1.29 is 4.74 Å². The molecule has 1 heterocycles. The molecule has 11 heavy (non-hydrogen) atoms. The van der Waals surface area contributed by atoms with Crippen LogP contribution in [0, 0.1) is 6.92 Å². The molecule has 0 fully saturated rings. The quantitative estimate of drug-likeness (QED) is 0.594. The SMILES string of the molecule is COC(=S)c1ncccc1C. The molecular formula is C8H9NOS. The molecule has 0 radical (unpaired) electrons. The third kappa shape index (κ3) is 1.74. The van der Waals surface area contributed by atoms with Crippen LogP contribution in [0.3, 0.4) is 0 Å². The van der Waals surface area contributed by atoms with Crippen LogP contribution in [0.4, 0.5) is 0 Å². The summed E-state index contributed by atoms with van der Waals surface area (Å²) in [5.41, 5.74) is 1.80. The van der Waals surface area contributed by atoms with Crippen LogP contribution in [0.25, 0.3) is 0 Å². The Labute approximate surface area is 71.2 Å². The Hall–Kier alpha value is -0.960. The first-order chi connectivity index (χ1) is 5.25. The largest absolute Gasteiger partial charge is 0.485 e. The molecule has 0 atom stereocenters. The Morgan fingerprint density at radius 3 is 2.91 bits per heavy atom. The van der Waals surface area contributed by atoms with Gasteiger partial charge in [-0.25, -0.2) is 0 Å². The zero-order chi connectivity index (χ0) is 8.27. The second-order valence-corrected chi connectivity index (χ2v) is 2.53. The summed E-state index contributed by atoms with van der Waals surface area (Å²) in [6, 6.07) is 3.82. The van der Waals surface area contributed by atoms with Crippen molar-refractivity contribution in [2.75, 3.05) is 7.11 Å². The van der Waals surface area contributed by atoms with Crippen molar-refractivity contribution in [1.82, 2.24) is 4.98 Å². The van der Waals surface area contributed by atoms with E-state index in [2.05, 4.69) is 4.98 Å². The van der Waals surface area contributed by atoms with Gasteiger partial charge in [0.1, 0.15) is 5.69 Å². The van der Waals surface area contributed by atoms with Gasteiger partial charge in [0.2, 0.25) is 5.05 Å². The molecule has 1 aromatic rings. The minimum Gasteiger partial charge on any atom is -0.485 e. The van der Waals surface area contributed by atoms with E-state index in [1.165, 1.54) is 0 Å². The van der Waals surface area contributed by atoms with E-state index >= 15 is 0 Å². The fourth-order valence-electron chi connectivity index (χ4n) is 0.796. The number of rotatable bonds is 1. The zero-order valence-corrected chi connectivity index (χ0v) is 7.31. The van der Waals surface area contributed by atoms with Crippen LogP contribution in [-0.2, 0) is 4.74 Å². The number of pyridine rings is 1. The van der Waals surface area contributed by atoms with Crippen LogP contribution in [0.5, 0.6) is 0 Å². The van der Waals surface area contributed by atoms with E-state index in [4.69, 9.17) is 17.0 Å². The highest BCUT2D eigenvalue weighted by atomic mass is 32.1. The number of aryl methyl sites for hydroxylation is 1. The highest BCUT2D eigenvalue weighted by molar-refractivity contribution is 7.80. The van der Waals surface area contributed by atoms with Crippen molar-refractivity contribution in [3.8, 4) is 0 Å². The van der Waals surface area contributed by atoms with Crippen molar-refractivity contribution in [3.63, 3.8) is 0 Å². The Balaban J connectivity index is 3.03. The number of aromatic nitrogens is 1. The average molecular weight is 167 g/mol. The van der Waals surface area contributed by atoms with Gasteiger partial charge in [-0.1, -0.05) is 6.07 Å². The molecule has 0 unspecified atom stereocenters. The fraction of sp³-hybridized carbons (Fsp3) is 0.250. The third-order valence-corrected chi connectivity index (χ3v) is 1.75. The van der Waals surface area contributed by atoms with E-state index in [0.29, 0.717) is 5.05 Å². The molecule has 0 aromatic carbocycles. The third-order valence-electron chi connectivity index (χ3n) is 1.39. The molecule has 1 rings (SSSR count). The average Bonchev–Trinajstić information content (AvgIpc) is 2.04. The maximum Gasteiger partial charge on any atom is 0.210 e. The molecule has 58 valence electrons. The van der Waals surface area contributed by atoms with Crippen LogP contribution in [0.15, 0.2) is 18.3 Å². The van der Waals surface area contributed by atoms with E-state index in [9.17, 15) is 0 Å². The van der Waals surface area contributed by atoms with E-state index in [1.54, 1.807) is 13.3 Å². The molecule has 0 N–H and O–H groups in total. The van der Waals surface area contributed by atoms with Gasteiger partial charge in [-0.05, 0) is 30.8 Å². The van der Waals surface area contributed by atoms with E-state index in [-0.39, 0.29) is 0 Å². The maximum absolute atomic E-state index is 4.92. The lowest BCUT2D eigenvalue weighted by Gasteiger charge is -2.02. The van der Waals surface area contributed by atoms with Crippen molar-refractivity contribution in [3.05, 3.63) is 29.6 Å². The standard InChI is InChI=1S/C8H9NOS/c1-6-4-3-5-9-7(6)8(11)10-2/h3-5H,1-2H3. The summed E-state index contributed by atoms with van der Waals surface area (Å²) in [6.45, 7) is 1.95. The summed E-state index contributed by atoms with van der Waals surface area (Å²) in [5.74, 6) is 0. The number of thiocarbonyl (C=S) groups is 1. The predicted octanol–water partition coefficient (Wildman–Crippen LogP) is 1.71. The second-order valence-electron chi connectivity index (χ2n) is 2.16. The van der Waals surface area contributed by atoms with Crippen molar-refractivity contribution in [2.24, 2.45) is 0 Å². The van der Waals surface area contributed by atoms with Crippen LogP contribution in [-0.4, -0.2) is 17.1 Å². The lowest BCUT2D eigenvalue weighted by molar-refractivity contribution is 0.414. The summed E-state index contributed by atoms with van der Waals surface area (Å²) >= 11 is 4.92. The van der Waals surface area contributed by atoms with Gasteiger partial charge in [-0.15, -0.1) is 0 Å². The molecule has 0 aliphatic rings. The van der Waals surface area contributed by atoms with Gasteiger partial charge in [-0.3, -0.25) is 4.98 Å². The Morgan fingerprint density at radius 1 is 1.64 bits per heavy atom. The Kier molecular flexibility index (Phi) is 2.54. The molecule has 2 nitrogen and oxygen atoms in total. The lowest BCUT2D eigenvalue weighted by atomic mass is 10.2. The fourth-order valence-corrected chi connectivity index (χ4v) is 1.01. The first-order valence-electron chi connectivity index (χ1n) is 3.25. The number of hydrogen-bond acceptors (Lipinski definition) is 3. The van der Waals surface area contributed by atoms with Crippen molar-refractivity contribution in [1.29, 1.82) is 0 Å². The summed E-state index contributed by atoms with van der Waals surface area (Å²) in [5, 5.41) is 0.447. The minimum absolute atomic E-state index is 0.447. The molecular weight excluding hydrogens is 158 g/mol. The molecule has 1 aromatic heterocycles. The Morgan fingerprint density at radius 2 is 2.36 bits per heavy atom. The molecule has 0 spiro atoms. The number of hydrogen-bond donors (Lipinski definition) is 0. The summed E-state index contributed by atoms with van der Waals surface area (Å²) < 4.78 is 4.89. The summed E-state index contributed by atoms with van der Waals surface area (Å²) in [4.78, 5) is 4.08. The van der Waals surface area contributed by atoms with Gasteiger partial charge in [0.05, 0.1) is 7.11 Å². The van der Waals surface area contributed by atoms with Gasteiger partial charge in [0.15, 0.2) is 0 Å². The number of nitrogens with zero attached hydrogens (tertiary/aromatic N) is 1. The topological polar surface area (TPSA) is 22.1 Å². The summed E-state index contributed by atoms with van der Waals surface area (Å²) in [7, 11) is 1.55. The lowest BCUT2D eigenvalue weighted by Crippen LogP contribution is -2.04. The van der Waals surface area contributed by atoms with Crippen molar-refractivity contribution >= 4 is 17.3 Å². The normalized spacial score (nSPS) is 9.27. The van der Waals surface area contributed by atoms with E-state index in [0.717, 1.165) is 11.3 Å². The monoisotopic (exact) mass is 167 g/mol. The van der Waals surface area contributed by atoms with Gasteiger partial charge < -0.3 is 4.74 Å². The van der Waals surface area contributed by atoms with Crippen LogP contribution < -0.4 is 0 Å².